The molecule has 0 radical (unpaired) electrons. The van der Waals surface area contributed by atoms with Gasteiger partial charge in [0, 0.05) is 30.4 Å². The second-order valence-electron chi connectivity index (χ2n) is 5.59. The lowest BCUT2D eigenvalue weighted by atomic mass is 9.95. The zero-order chi connectivity index (χ0) is 14.9. The second-order valence-corrected chi connectivity index (χ2v) is 7.22. The first-order valence-electron chi connectivity index (χ1n) is 6.80. The molecule has 114 valence electrons. The van der Waals surface area contributed by atoms with E-state index in [1.807, 2.05) is 7.05 Å². The number of nitrogens with one attached hydrogen (secondary N) is 2. The number of aromatic amines is 1. The average Bonchev–Trinajstić information content (AvgIpc) is 2.74. The lowest BCUT2D eigenvalue weighted by Gasteiger charge is -2.34. The van der Waals surface area contributed by atoms with Crippen LogP contribution < -0.4 is 10.5 Å². The molecule has 1 aliphatic rings. The van der Waals surface area contributed by atoms with Gasteiger partial charge in [-0.3, -0.25) is 5.10 Å². The van der Waals surface area contributed by atoms with Gasteiger partial charge in [-0.05, 0) is 32.9 Å². The zero-order valence-corrected chi connectivity index (χ0v) is 13.0. The Morgan fingerprint density at radius 1 is 1.55 bits per heavy atom. The summed E-state index contributed by atoms with van der Waals surface area (Å²) in [6.45, 7) is 5.76. The fourth-order valence-electron chi connectivity index (χ4n) is 2.68. The molecule has 7 nitrogen and oxygen atoms in total. The molecule has 8 heteroatoms. The number of likely N-dealkylation sites (tertiary alicyclic amines) is 1. The molecule has 1 saturated heterocycles. The third-order valence-electron chi connectivity index (χ3n) is 3.91. The summed E-state index contributed by atoms with van der Waals surface area (Å²) in [7, 11) is -1.58. The molecule has 1 aromatic rings. The number of hydrogen-bond acceptors (Lipinski definition) is 5. The summed E-state index contributed by atoms with van der Waals surface area (Å²) in [5.41, 5.74) is 6.86. The molecule has 0 spiro atoms. The van der Waals surface area contributed by atoms with Gasteiger partial charge < -0.3 is 10.6 Å². The Morgan fingerprint density at radius 2 is 2.25 bits per heavy atom. The number of rotatable bonds is 4. The Balaban J connectivity index is 2.19. The van der Waals surface area contributed by atoms with E-state index in [9.17, 15) is 8.42 Å². The van der Waals surface area contributed by atoms with Crippen LogP contribution in [-0.4, -0.2) is 49.7 Å². The van der Waals surface area contributed by atoms with Gasteiger partial charge in [-0.1, -0.05) is 6.92 Å². The zero-order valence-electron chi connectivity index (χ0n) is 12.2. The Bertz CT molecular complexity index is 568. The SMILES string of the molecule is Cc1[nH]nc(S(=O)(=O)NC2CCN(C)CC2C)c1CN. The lowest BCUT2D eigenvalue weighted by Crippen LogP contribution is -2.48. The van der Waals surface area contributed by atoms with E-state index in [1.54, 1.807) is 6.92 Å². The maximum atomic E-state index is 12.5. The van der Waals surface area contributed by atoms with Crippen molar-refractivity contribution < 1.29 is 8.42 Å². The lowest BCUT2D eigenvalue weighted by molar-refractivity contribution is 0.188. The monoisotopic (exact) mass is 301 g/mol. The highest BCUT2D eigenvalue weighted by Gasteiger charge is 2.31. The van der Waals surface area contributed by atoms with Crippen molar-refractivity contribution in [3.8, 4) is 0 Å². The number of aromatic nitrogens is 2. The predicted molar refractivity (Wildman–Crippen MR) is 76.6 cm³/mol. The third kappa shape index (κ3) is 3.03. The molecule has 2 heterocycles. The molecular formula is C12H23N5O2S. The molecule has 0 amide bonds. The van der Waals surface area contributed by atoms with E-state index in [-0.39, 0.29) is 23.5 Å². The molecule has 2 atom stereocenters. The van der Waals surface area contributed by atoms with Crippen LogP contribution >= 0.6 is 0 Å². The highest BCUT2D eigenvalue weighted by Crippen LogP contribution is 2.20. The first-order valence-corrected chi connectivity index (χ1v) is 8.28. The number of aryl methyl sites for hydroxylation is 1. The van der Waals surface area contributed by atoms with Crippen molar-refractivity contribution in [2.24, 2.45) is 11.7 Å². The molecule has 20 heavy (non-hydrogen) atoms. The molecule has 1 aliphatic heterocycles. The molecular weight excluding hydrogens is 278 g/mol. The average molecular weight is 301 g/mol. The van der Waals surface area contributed by atoms with Crippen LogP contribution in [0.15, 0.2) is 5.03 Å². The van der Waals surface area contributed by atoms with Crippen molar-refractivity contribution in [1.82, 2.24) is 19.8 Å². The van der Waals surface area contributed by atoms with Gasteiger partial charge in [0.25, 0.3) is 10.0 Å². The van der Waals surface area contributed by atoms with Crippen LogP contribution in [0.2, 0.25) is 0 Å². The van der Waals surface area contributed by atoms with Gasteiger partial charge in [0.15, 0.2) is 5.03 Å². The Kier molecular flexibility index (Phi) is 4.48. The Labute approximate surface area is 120 Å². The van der Waals surface area contributed by atoms with E-state index in [4.69, 9.17) is 5.73 Å². The fraction of sp³-hybridized carbons (Fsp3) is 0.750. The van der Waals surface area contributed by atoms with Crippen molar-refractivity contribution >= 4 is 10.0 Å². The summed E-state index contributed by atoms with van der Waals surface area (Å²) in [6.07, 6.45) is 0.804. The Morgan fingerprint density at radius 3 is 2.85 bits per heavy atom. The number of nitrogens with zero attached hydrogens (tertiary/aromatic N) is 2. The molecule has 4 N–H and O–H groups in total. The number of nitrogens with two attached hydrogens (primary N) is 1. The van der Waals surface area contributed by atoms with Crippen LogP contribution in [0.5, 0.6) is 0 Å². The van der Waals surface area contributed by atoms with Gasteiger partial charge >= 0.3 is 0 Å². The third-order valence-corrected chi connectivity index (χ3v) is 5.37. The topological polar surface area (TPSA) is 104 Å². The van der Waals surface area contributed by atoms with Crippen LogP contribution in [0, 0.1) is 12.8 Å². The van der Waals surface area contributed by atoms with E-state index in [0.717, 1.165) is 19.5 Å². The minimum absolute atomic E-state index is 0.0311. The van der Waals surface area contributed by atoms with Crippen molar-refractivity contribution in [3.63, 3.8) is 0 Å². The largest absolute Gasteiger partial charge is 0.326 e. The molecule has 1 fully saturated rings. The van der Waals surface area contributed by atoms with Crippen LogP contribution in [0.25, 0.3) is 0 Å². The van der Waals surface area contributed by atoms with E-state index < -0.39 is 10.0 Å². The van der Waals surface area contributed by atoms with Crippen LogP contribution in [0.4, 0.5) is 0 Å². The summed E-state index contributed by atoms with van der Waals surface area (Å²) in [6, 6.07) is -0.0566. The van der Waals surface area contributed by atoms with E-state index in [0.29, 0.717) is 11.3 Å². The van der Waals surface area contributed by atoms with Crippen molar-refractivity contribution in [3.05, 3.63) is 11.3 Å². The van der Waals surface area contributed by atoms with Crippen molar-refractivity contribution in [1.29, 1.82) is 0 Å². The van der Waals surface area contributed by atoms with Gasteiger partial charge in [0.05, 0.1) is 0 Å². The van der Waals surface area contributed by atoms with Gasteiger partial charge in [-0.15, -0.1) is 0 Å². The van der Waals surface area contributed by atoms with Crippen molar-refractivity contribution in [2.45, 2.75) is 37.9 Å². The molecule has 0 aromatic carbocycles. The van der Waals surface area contributed by atoms with Gasteiger partial charge in [-0.25, -0.2) is 13.1 Å². The quantitative estimate of drug-likeness (QED) is 0.714. The molecule has 2 rings (SSSR count). The highest BCUT2D eigenvalue weighted by atomic mass is 32.2. The second kappa shape index (κ2) is 5.80. The smallest absolute Gasteiger partial charge is 0.260 e. The molecule has 2 unspecified atom stereocenters. The van der Waals surface area contributed by atoms with Gasteiger partial charge in [-0.2, -0.15) is 5.10 Å². The fourth-order valence-corrected chi connectivity index (χ4v) is 4.26. The minimum atomic E-state index is -3.62. The van der Waals surface area contributed by atoms with Crippen LogP contribution in [0.3, 0.4) is 0 Å². The van der Waals surface area contributed by atoms with Gasteiger partial charge in [0.2, 0.25) is 0 Å². The highest BCUT2D eigenvalue weighted by molar-refractivity contribution is 7.89. The summed E-state index contributed by atoms with van der Waals surface area (Å²) in [5.74, 6) is 0.268. The van der Waals surface area contributed by atoms with Crippen molar-refractivity contribution in [2.75, 3.05) is 20.1 Å². The molecule has 0 bridgehead atoms. The first-order chi connectivity index (χ1) is 9.35. The summed E-state index contributed by atoms with van der Waals surface area (Å²) in [4.78, 5) is 2.21. The number of H-pyrrole nitrogens is 1. The maximum absolute atomic E-state index is 12.5. The minimum Gasteiger partial charge on any atom is -0.326 e. The number of piperidine rings is 1. The molecule has 0 aliphatic carbocycles. The molecule has 0 saturated carbocycles. The van der Waals surface area contributed by atoms with Crippen LogP contribution in [0.1, 0.15) is 24.6 Å². The summed E-state index contributed by atoms with van der Waals surface area (Å²) in [5, 5.41) is 6.62. The summed E-state index contributed by atoms with van der Waals surface area (Å²) < 4.78 is 27.7. The predicted octanol–water partition coefficient (Wildman–Crippen LogP) is -0.205. The summed E-state index contributed by atoms with van der Waals surface area (Å²) >= 11 is 0. The van der Waals surface area contributed by atoms with E-state index in [2.05, 4.69) is 26.7 Å². The normalized spacial score (nSPS) is 25.0. The van der Waals surface area contributed by atoms with E-state index >= 15 is 0 Å². The van der Waals surface area contributed by atoms with Crippen LogP contribution in [-0.2, 0) is 16.6 Å². The number of hydrogen-bond donors (Lipinski definition) is 3. The maximum Gasteiger partial charge on any atom is 0.260 e. The van der Waals surface area contributed by atoms with E-state index in [1.165, 1.54) is 0 Å². The number of sulfonamides is 1. The Hall–Kier alpha value is -0.960. The standard InChI is InChI=1S/C12H23N5O2S/c1-8-7-17(3)5-4-11(8)16-20(18,19)12-10(6-13)9(2)14-15-12/h8,11,16H,4-7,13H2,1-3H3,(H,14,15). The molecule has 1 aromatic heterocycles. The first kappa shape index (κ1) is 15.4. The van der Waals surface area contributed by atoms with Gasteiger partial charge in [0.1, 0.15) is 0 Å².